The first-order valence-corrected chi connectivity index (χ1v) is 7.36. The molecule has 2 aliphatic rings. The van der Waals surface area contributed by atoms with Gasteiger partial charge in [0.1, 0.15) is 0 Å². The summed E-state index contributed by atoms with van der Waals surface area (Å²) in [6.45, 7) is 2.08. The van der Waals surface area contributed by atoms with Crippen molar-refractivity contribution in [1.82, 2.24) is 4.90 Å². The van der Waals surface area contributed by atoms with Gasteiger partial charge in [-0.15, -0.1) is 0 Å². The van der Waals surface area contributed by atoms with Crippen molar-refractivity contribution in [3.63, 3.8) is 0 Å². The maximum absolute atomic E-state index is 12.5. The first-order chi connectivity index (χ1) is 10.3. The second-order valence-corrected chi connectivity index (χ2v) is 5.76. The molecule has 4 rings (SSSR count). The Bertz CT molecular complexity index is 683. The molecular weight excluding hydrogens is 262 g/mol. The molecule has 0 bridgehead atoms. The van der Waals surface area contributed by atoms with Crippen LogP contribution < -0.4 is 0 Å². The second-order valence-electron chi connectivity index (χ2n) is 5.76. The number of nitrogens with zero attached hydrogens (tertiary/aromatic N) is 1. The standard InChI is InChI=1S/C18H17NO2/c1-12-16(11-13-7-3-2-4-8-13)21-18-15-10-6-5-9-14(15)17(20)19(12)18/h2-10,12,16,18H,11H2,1H3/t12-,16-,18-/m1/s1. The Morgan fingerprint density at radius 2 is 1.76 bits per heavy atom. The number of fused-ring (bicyclic) bond motifs is 3. The third-order valence-corrected chi connectivity index (χ3v) is 4.50. The number of hydrogen-bond acceptors (Lipinski definition) is 2. The first kappa shape index (κ1) is 12.6. The average molecular weight is 279 g/mol. The van der Waals surface area contributed by atoms with E-state index >= 15 is 0 Å². The molecule has 0 radical (unpaired) electrons. The van der Waals surface area contributed by atoms with E-state index in [9.17, 15) is 4.79 Å². The van der Waals surface area contributed by atoms with Crippen LogP contribution in [-0.4, -0.2) is 23.0 Å². The maximum Gasteiger partial charge on any atom is 0.256 e. The van der Waals surface area contributed by atoms with Gasteiger partial charge in [-0.3, -0.25) is 4.79 Å². The summed E-state index contributed by atoms with van der Waals surface area (Å²) in [4.78, 5) is 14.4. The van der Waals surface area contributed by atoms with Crippen molar-refractivity contribution in [2.45, 2.75) is 31.7 Å². The number of carbonyl (C=O) groups excluding carboxylic acids is 1. The van der Waals surface area contributed by atoms with E-state index in [1.807, 2.05) is 47.4 Å². The van der Waals surface area contributed by atoms with Gasteiger partial charge < -0.3 is 9.64 Å². The molecule has 0 unspecified atom stereocenters. The zero-order valence-electron chi connectivity index (χ0n) is 11.9. The van der Waals surface area contributed by atoms with E-state index in [1.165, 1.54) is 5.56 Å². The molecule has 3 atom stereocenters. The van der Waals surface area contributed by atoms with Crippen molar-refractivity contribution in [3.8, 4) is 0 Å². The van der Waals surface area contributed by atoms with Crippen LogP contribution in [0.4, 0.5) is 0 Å². The highest BCUT2D eigenvalue weighted by Crippen LogP contribution is 2.43. The van der Waals surface area contributed by atoms with Crippen LogP contribution in [0.3, 0.4) is 0 Å². The number of hydrogen-bond donors (Lipinski definition) is 0. The summed E-state index contributed by atoms with van der Waals surface area (Å²) in [6.07, 6.45) is 0.678. The van der Waals surface area contributed by atoms with E-state index in [0.29, 0.717) is 0 Å². The normalized spacial score (nSPS) is 26.8. The van der Waals surface area contributed by atoms with Crippen LogP contribution in [0.1, 0.15) is 34.6 Å². The molecule has 1 amide bonds. The third-order valence-electron chi connectivity index (χ3n) is 4.50. The number of amides is 1. The molecule has 1 saturated heterocycles. The maximum atomic E-state index is 12.5. The monoisotopic (exact) mass is 279 g/mol. The van der Waals surface area contributed by atoms with Crippen molar-refractivity contribution in [2.24, 2.45) is 0 Å². The van der Waals surface area contributed by atoms with E-state index in [-0.39, 0.29) is 24.3 Å². The Morgan fingerprint density at radius 3 is 2.57 bits per heavy atom. The zero-order chi connectivity index (χ0) is 14.4. The Hall–Kier alpha value is -2.13. The van der Waals surface area contributed by atoms with Crippen LogP contribution in [-0.2, 0) is 11.2 Å². The van der Waals surface area contributed by atoms with E-state index in [1.54, 1.807) is 0 Å². The number of ether oxygens (including phenoxy) is 1. The SMILES string of the molecule is C[C@@H]1[C@@H](Cc2ccccc2)O[C@@H]2c3ccccc3C(=O)N21. The van der Waals surface area contributed by atoms with Gasteiger partial charge in [-0.1, -0.05) is 48.5 Å². The molecule has 3 nitrogen and oxygen atoms in total. The highest BCUT2D eigenvalue weighted by atomic mass is 16.5. The fourth-order valence-electron chi connectivity index (χ4n) is 3.36. The highest BCUT2D eigenvalue weighted by Gasteiger charge is 2.48. The fourth-order valence-corrected chi connectivity index (χ4v) is 3.36. The van der Waals surface area contributed by atoms with Crippen LogP contribution in [0.15, 0.2) is 54.6 Å². The molecule has 0 N–H and O–H groups in total. The summed E-state index contributed by atoms with van der Waals surface area (Å²) in [7, 11) is 0. The van der Waals surface area contributed by atoms with Gasteiger partial charge in [0.15, 0.2) is 6.23 Å². The lowest BCUT2D eigenvalue weighted by atomic mass is 10.0. The molecule has 1 fully saturated rings. The number of benzene rings is 2. The summed E-state index contributed by atoms with van der Waals surface area (Å²) < 4.78 is 6.20. The molecule has 3 heteroatoms. The molecule has 2 heterocycles. The fraction of sp³-hybridized carbons (Fsp3) is 0.278. The zero-order valence-corrected chi connectivity index (χ0v) is 11.9. The quantitative estimate of drug-likeness (QED) is 0.845. The predicted molar refractivity (Wildman–Crippen MR) is 79.8 cm³/mol. The van der Waals surface area contributed by atoms with Gasteiger partial charge in [-0.25, -0.2) is 0 Å². The van der Waals surface area contributed by atoms with Gasteiger partial charge in [0, 0.05) is 17.5 Å². The Balaban J connectivity index is 1.62. The van der Waals surface area contributed by atoms with Crippen LogP contribution >= 0.6 is 0 Å². The lowest BCUT2D eigenvalue weighted by Gasteiger charge is -2.20. The average Bonchev–Trinajstić information content (AvgIpc) is 2.98. The number of rotatable bonds is 2. The van der Waals surface area contributed by atoms with Gasteiger partial charge in [-0.2, -0.15) is 0 Å². The molecule has 0 aliphatic carbocycles. The molecular formula is C18H17NO2. The van der Waals surface area contributed by atoms with Crippen LogP contribution in [0, 0.1) is 0 Å². The minimum atomic E-state index is -0.211. The van der Waals surface area contributed by atoms with E-state index in [2.05, 4.69) is 19.1 Å². The van der Waals surface area contributed by atoms with Gasteiger partial charge >= 0.3 is 0 Å². The van der Waals surface area contributed by atoms with Crippen LogP contribution in [0.25, 0.3) is 0 Å². The van der Waals surface area contributed by atoms with Crippen LogP contribution in [0.2, 0.25) is 0 Å². The lowest BCUT2D eigenvalue weighted by molar-refractivity contribution is 0.0101. The topological polar surface area (TPSA) is 29.5 Å². The summed E-state index contributed by atoms with van der Waals surface area (Å²) in [5.74, 6) is 0.0960. The number of carbonyl (C=O) groups is 1. The molecule has 106 valence electrons. The minimum absolute atomic E-state index is 0.0507. The summed E-state index contributed by atoms with van der Waals surface area (Å²) >= 11 is 0. The molecule has 0 saturated carbocycles. The Morgan fingerprint density at radius 1 is 1.05 bits per heavy atom. The minimum Gasteiger partial charge on any atom is -0.348 e. The van der Waals surface area contributed by atoms with E-state index in [0.717, 1.165) is 17.5 Å². The summed E-state index contributed by atoms with van der Waals surface area (Å²) in [5, 5.41) is 0. The molecule has 2 aromatic carbocycles. The lowest BCUT2D eigenvalue weighted by Crippen LogP contribution is -2.35. The van der Waals surface area contributed by atoms with Gasteiger partial charge in [0.05, 0.1) is 12.1 Å². The molecule has 0 aromatic heterocycles. The molecule has 0 spiro atoms. The van der Waals surface area contributed by atoms with Crippen molar-refractivity contribution < 1.29 is 9.53 Å². The molecule has 21 heavy (non-hydrogen) atoms. The van der Waals surface area contributed by atoms with Gasteiger partial charge in [-0.05, 0) is 18.6 Å². The summed E-state index contributed by atoms with van der Waals surface area (Å²) in [6, 6.07) is 18.2. The van der Waals surface area contributed by atoms with Crippen molar-refractivity contribution in [3.05, 3.63) is 71.3 Å². The molecule has 2 aliphatic heterocycles. The van der Waals surface area contributed by atoms with Crippen molar-refractivity contribution >= 4 is 5.91 Å². The summed E-state index contributed by atoms with van der Waals surface area (Å²) in [5.41, 5.74) is 3.04. The highest BCUT2D eigenvalue weighted by molar-refractivity contribution is 5.99. The van der Waals surface area contributed by atoms with E-state index in [4.69, 9.17) is 4.74 Å². The van der Waals surface area contributed by atoms with Crippen LogP contribution in [0.5, 0.6) is 0 Å². The second kappa shape index (κ2) is 4.71. The van der Waals surface area contributed by atoms with Gasteiger partial charge in [0.25, 0.3) is 5.91 Å². The Labute approximate surface area is 124 Å². The Kier molecular flexibility index (Phi) is 2.82. The smallest absolute Gasteiger partial charge is 0.256 e. The first-order valence-electron chi connectivity index (χ1n) is 7.36. The van der Waals surface area contributed by atoms with Gasteiger partial charge in [0.2, 0.25) is 0 Å². The third kappa shape index (κ3) is 1.88. The molecule has 2 aromatic rings. The van der Waals surface area contributed by atoms with E-state index < -0.39 is 0 Å². The van der Waals surface area contributed by atoms with Crippen molar-refractivity contribution in [1.29, 1.82) is 0 Å². The predicted octanol–water partition coefficient (Wildman–Crippen LogP) is 3.17. The largest absolute Gasteiger partial charge is 0.348 e. The van der Waals surface area contributed by atoms with Crippen molar-refractivity contribution in [2.75, 3.05) is 0 Å².